The van der Waals surface area contributed by atoms with Crippen molar-refractivity contribution in [2.75, 3.05) is 43.4 Å². The van der Waals surface area contributed by atoms with Gasteiger partial charge in [-0.1, -0.05) is 12.1 Å². The summed E-state index contributed by atoms with van der Waals surface area (Å²) >= 11 is 1.17. The van der Waals surface area contributed by atoms with Gasteiger partial charge in [-0.3, -0.25) is 9.82 Å². The molecule has 1 fully saturated rings. The maximum atomic E-state index is 12.9. The second-order valence-electron chi connectivity index (χ2n) is 9.84. The number of aromatic nitrogens is 4. The number of fused-ring (bicyclic) bond motifs is 2. The van der Waals surface area contributed by atoms with Gasteiger partial charge in [0, 0.05) is 24.8 Å². The predicted molar refractivity (Wildman–Crippen MR) is 151 cm³/mol. The number of aromatic amines is 2. The summed E-state index contributed by atoms with van der Waals surface area (Å²) in [5.41, 5.74) is 4.49. The topological polar surface area (TPSA) is 119 Å². The van der Waals surface area contributed by atoms with Crippen LogP contribution in [-0.4, -0.2) is 79.4 Å². The molecule has 1 aliphatic heterocycles. The minimum Gasteiger partial charge on any atom is -0.373 e. The van der Waals surface area contributed by atoms with Crippen LogP contribution in [0.4, 0.5) is 11.4 Å². The summed E-state index contributed by atoms with van der Waals surface area (Å²) in [6, 6.07) is 15.1. The van der Waals surface area contributed by atoms with Crippen molar-refractivity contribution in [1.29, 1.82) is 0 Å². The zero-order valence-electron chi connectivity index (χ0n) is 21.3. The fraction of sp³-hybridized carbons (Fsp3) is 0.308. The van der Waals surface area contributed by atoms with E-state index in [9.17, 15) is 8.42 Å². The first-order valence-electron chi connectivity index (χ1n) is 12.3. The molecule has 2 unspecified atom stereocenters. The second kappa shape index (κ2) is 9.70. The van der Waals surface area contributed by atoms with Crippen LogP contribution in [0.5, 0.6) is 0 Å². The Labute approximate surface area is 224 Å². The zero-order chi connectivity index (χ0) is 26.4. The van der Waals surface area contributed by atoms with E-state index in [1.165, 1.54) is 11.3 Å². The van der Waals surface area contributed by atoms with Crippen LogP contribution < -0.4 is 9.62 Å². The molecule has 0 saturated carbocycles. The summed E-state index contributed by atoms with van der Waals surface area (Å²) in [5, 5.41) is 9.90. The summed E-state index contributed by atoms with van der Waals surface area (Å²) in [5.74, 6) is 0.562. The van der Waals surface area contributed by atoms with Crippen molar-refractivity contribution in [3.05, 3.63) is 53.9 Å². The molecular formula is C26H29N7O3S2. The molecule has 1 saturated heterocycles. The van der Waals surface area contributed by atoms with Crippen molar-refractivity contribution < 1.29 is 13.2 Å². The highest BCUT2D eigenvalue weighted by Crippen LogP contribution is 2.34. The largest absolute Gasteiger partial charge is 0.373 e. The van der Waals surface area contributed by atoms with Crippen molar-refractivity contribution in [3.8, 4) is 11.5 Å². The molecule has 0 amide bonds. The van der Waals surface area contributed by atoms with Crippen molar-refractivity contribution >= 4 is 54.7 Å². The maximum Gasteiger partial charge on any atom is 0.271 e. The lowest BCUT2D eigenvalue weighted by Crippen LogP contribution is -2.51. The van der Waals surface area contributed by atoms with Crippen molar-refractivity contribution in [2.24, 2.45) is 0 Å². The highest BCUT2D eigenvalue weighted by atomic mass is 32.2. The minimum absolute atomic E-state index is 0.140. The summed E-state index contributed by atoms with van der Waals surface area (Å²) in [6.45, 7) is 4.52. The number of anilines is 2. The molecule has 5 aromatic rings. The fourth-order valence-electron chi connectivity index (χ4n) is 4.92. The quantitative estimate of drug-likeness (QED) is 0.278. The van der Waals surface area contributed by atoms with E-state index in [1.807, 2.05) is 12.1 Å². The standard InChI is InChI=1S/C26H29N7O3S2/c1-16-15-36-18(13-32(2)3)14-33(16)17-9-10-19-22(12-17)28-26(27-19)25-24-20(29-30-25)6-4-7-21(24)31-38(34,35)23-8-5-11-37-23/h4-12,16,18,31H,13-15H2,1-3H3,(H,27,28)(H,29,30). The molecule has 198 valence electrons. The van der Waals surface area contributed by atoms with Gasteiger partial charge in [0.25, 0.3) is 10.0 Å². The van der Waals surface area contributed by atoms with Gasteiger partial charge in [0.05, 0.1) is 40.3 Å². The average Bonchev–Trinajstić information content (AvgIpc) is 3.64. The number of sulfonamides is 1. The number of hydrogen-bond acceptors (Lipinski definition) is 8. The van der Waals surface area contributed by atoms with Gasteiger partial charge in [-0.25, -0.2) is 13.4 Å². The summed E-state index contributed by atoms with van der Waals surface area (Å²) in [4.78, 5) is 12.7. The third-order valence-corrected chi connectivity index (χ3v) is 9.45. The first-order chi connectivity index (χ1) is 18.3. The van der Waals surface area contributed by atoms with E-state index < -0.39 is 10.0 Å². The number of imidazole rings is 1. The normalized spacial score (nSPS) is 18.6. The fourth-order valence-corrected chi connectivity index (χ4v) is 6.99. The second-order valence-corrected chi connectivity index (χ2v) is 12.7. The molecule has 0 radical (unpaired) electrons. The molecule has 10 nitrogen and oxygen atoms in total. The number of likely N-dealkylation sites (N-methyl/N-ethyl adjacent to an activating group) is 1. The number of ether oxygens (including phenoxy) is 1. The summed E-state index contributed by atoms with van der Waals surface area (Å²) < 4.78 is 34.9. The highest BCUT2D eigenvalue weighted by Gasteiger charge is 2.27. The number of H-pyrrole nitrogens is 2. The van der Waals surface area contributed by atoms with E-state index in [-0.39, 0.29) is 16.4 Å². The van der Waals surface area contributed by atoms with Crippen LogP contribution in [0, 0.1) is 0 Å². The molecule has 6 rings (SSSR count). The van der Waals surface area contributed by atoms with Crippen LogP contribution in [0.25, 0.3) is 33.5 Å². The molecule has 3 aromatic heterocycles. The van der Waals surface area contributed by atoms with Crippen LogP contribution in [0.2, 0.25) is 0 Å². The number of thiophene rings is 1. The lowest BCUT2D eigenvalue weighted by molar-refractivity contribution is 0.00880. The molecule has 4 heterocycles. The average molecular weight is 552 g/mol. The van der Waals surface area contributed by atoms with Gasteiger partial charge >= 0.3 is 0 Å². The Kier molecular flexibility index (Phi) is 6.34. The van der Waals surface area contributed by atoms with Gasteiger partial charge in [0.1, 0.15) is 9.90 Å². The molecule has 0 spiro atoms. The summed E-state index contributed by atoms with van der Waals surface area (Å²) in [7, 11) is 0.392. The Hall–Kier alpha value is -3.45. The SMILES string of the molecule is CC1COC(CN(C)C)CN1c1ccc2nc(-c3n[nH]c4cccc(NS(=O)(=O)c5cccs5)c34)[nH]c2c1. The van der Waals surface area contributed by atoms with E-state index in [4.69, 9.17) is 9.72 Å². The molecule has 38 heavy (non-hydrogen) atoms. The molecule has 12 heteroatoms. The zero-order valence-corrected chi connectivity index (χ0v) is 22.9. The van der Waals surface area contributed by atoms with E-state index in [2.05, 4.69) is 62.9 Å². The van der Waals surface area contributed by atoms with Gasteiger partial charge in [-0.2, -0.15) is 5.10 Å². The number of rotatable bonds is 7. The molecular weight excluding hydrogens is 522 g/mol. The molecule has 0 bridgehead atoms. The lowest BCUT2D eigenvalue weighted by Gasteiger charge is -2.40. The van der Waals surface area contributed by atoms with Gasteiger partial charge < -0.3 is 19.5 Å². The van der Waals surface area contributed by atoms with Gasteiger partial charge in [0.2, 0.25) is 0 Å². The number of nitrogens with one attached hydrogen (secondary N) is 3. The van der Waals surface area contributed by atoms with E-state index in [1.54, 1.807) is 29.6 Å². The molecule has 1 aliphatic rings. The number of hydrogen-bond donors (Lipinski definition) is 3. The third kappa shape index (κ3) is 4.64. The van der Waals surface area contributed by atoms with Crippen LogP contribution >= 0.6 is 11.3 Å². The van der Waals surface area contributed by atoms with Gasteiger partial charge in [-0.05, 0) is 62.8 Å². The van der Waals surface area contributed by atoms with Gasteiger partial charge in [-0.15, -0.1) is 11.3 Å². The first-order valence-corrected chi connectivity index (χ1v) is 14.7. The monoisotopic (exact) mass is 551 g/mol. The Morgan fingerprint density at radius 3 is 2.84 bits per heavy atom. The van der Waals surface area contributed by atoms with Crippen molar-refractivity contribution in [3.63, 3.8) is 0 Å². The van der Waals surface area contributed by atoms with Crippen molar-refractivity contribution in [2.45, 2.75) is 23.3 Å². The predicted octanol–water partition coefficient (Wildman–Crippen LogP) is 4.12. The Bertz CT molecular complexity index is 1690. The Balaban J connectivity index is 1.35. The van der Waals surface area contributed by atoms with E-state index >= 15 is 0 Å². The Morgan fingerprint density at radius 1 is 1.18 bits per heavy atom. The van der Waals surface area contributed by atoms with E-state index in [0.717, 1.165) is 29.8 Å². The minimum atomic E-state index is -3.72. The van der Waals surface area contributed by atoms with Gasteiger partial charge in [0.15, 0.2) is 5.82 Å². The molecule has 2 aromatic carbocycles. The summed E-state index contributed by atoms with van der Waals surface area (Å²) in [6.07, 6.45) is 0.140. The van der Waals surface area contributed by atoms with Crippen LogP contribution in [-0.2, 0) is 14.8 Å². The van der Waals surface area contributed by atoms with E-state index in [0.29, 0.717) is 34.7 Å². The molecule has 0 aliphatic carbocycles. The van der Waals surface area contributed by atoms with Crippen LogP contribution in [0.1, 0.15) is 6.92 Å². The lowest BCUT2D eigenvalue weighted by atomic mass is 10.1. The number of morpholine rings is 1. The maximum absolute atomic E-state index is 12.9. The highest BCUT2D eigenvalue weighted by molar-refractivity contribution is 7.94. The smallest absolute Gasteiger partial charge is 0.271 e. The number of nitrogens with zero attached hydrogens (tertiary/aromatic N) is 4. The van der Waals surface area contributed by atoms with Crippen LogP contribution in [0.3, 0.4) is 0 Å². The Morgan fingerprint density at radius 2 is 2.05 bits per heavy atom. The van der Waals surface area contributed by atoms with Crippen LogP contribution in [0.15, 0.2) is 58.1 Å². The number of benzene rings is 2. The first kappa shape index (κ1) is 24.9. The third-order valence-electron chi connectivity index (χ3n) is 6.69. The molecule has 3 N–H and O–H groups in total. The van der Waals surface area contributed by atoms with Crippen molar-refractivity contribution in [1.82, 2.24) is 25.1 Å². The molecule has 2 atom stereocenters.